The number of nitriles is 1. The highest BCUT2D eigenvalue weighted by Crippen LogP contribution is 2.14. The lowest BCUT2D eigenvalue weighted by Crippen LogP contribution is -2.15. The summed E-state index contributed by atoms with van der Waals surface area (Å²) in [6.45, 7) is 3.85. The van der Waals surface area contributed by atoms with E-state index in [0.29, 0.717) is 17.7 Å². The quantitative estimate of drug-likeness (QED) is 0.926. The number of rotatable bonds is 3. The number of amides is 1. The Morgan fingerprint density at radius 1 is 1.35 bits per heavy atom. The molecule has 0 saturated heterocycles. The third kappa shape index (κ3) is 2.86. The number of hydrogen-bond donors (Lipinski definition) is 1. The van der Waals surface area contributed by atoms with Gasteiger partial charge in [0.15, 0.2) is 0 Å². The molecule has 0 atom stereocenters. The average molecular weight is 268 g/mol. The van der Waals surface area contributed by atoms with Crippen LogP contribution < -0.4 is 5.32 Å². The van der Waals surface area contributed by atoms with Crippen LogP contribution in [0.3, 0.4) is 0 Å². The van der Waals surface area contributed by atoms with Gasteiger partial charge >= 0.3 is 0 Å². The zero-order valence-electron chi connectivity index (χ0n) is 11.8. The van der Waals surface area contributed by atoms with E-state index >= 15 is 0 Å². The van der Waals surface area contributed by atoms with E-state index in [1.54, 1.807) is 28.9 Å². The van der Waals surface area contributed by atoms with Crippen LogP contribution in [0.25, 0.3) is 0 Å². The largest absolute Gasteiger partial charge is 0.326 e. The lowest BCUT2D eigenvalue weighted by Gasteiger charge is -2.05. The molecule has 0 saturated carbocycles. The summed E-state index contributed by atoms with van der Waals surface area (Å²) in [6, 6.07) is 8.84. The maximum atomic E-state index is 12.0. The first-order chi connectivity index (χ1) is 9.51. The minimum Gasteiger partial charge on any atom is -0.326 e. The van der Waals surface area contributed by atoms with Gasteiger partial charge in [0.25, 0.3) is 0 Å². The zero-order valence-corrected chi connectivity index (χ0v) is 11.8. The molecule has 0 aliphatic rings. The van der Waals surface area contributed by atoms with Crippen LogP contribution in [-0.4, -0.2) is 15.7 Å². The predicted molar refractivity (Wildman–Crippen MR) is 76.2 cm³/mol. The van der Waals surface area contributed by atoms with Gasteiger partial charge in [-0.15, -0.1) is 0 Å². The second-order valence-electron chi connectivity index (χ2n) is 4.69. The number of nitrogens with zero attached hydrogens (tertiary/aromatic N) is 3. The van der Waals surface area contributed by atoms with Crippen molar-refractivity contribution in [1.29, 1.82) is 5.26 Å². The SMILES string of the molecule is Cc1nn(C)c(C)c1CC(=O)Nc1ccc(C#N)cc1. The molecule has 0 unspecified atom stereocenters. The fourth-order valence-electron chi connectivity index (χ4n) is 2.07. The molecule has 0 spiro atoms. The maximum Gasteiger partial charge on any atom is 0.228 e. The number of benzene rings is 1. The van der Waals surface area contributed by atoms with Crippen molar-refractivity contribution in [3.05, 3.63) is 46.8 Å². The minimum atomic E-state index is -0.0890. The predicted octanol–water partition coefficient (Wildman–Crippen LogP) is 2.09. The van der Waals surface area contributed by atoms with Crippen LogP contribution in [0, 0.1) is 25.2 Å². The molecule has 0 fully saturated rings. The van der Waals surface area contributed by atoms with E-state index in [0.717, 1.165) is 17.0 Å². The second-order valence-corrected chi connectivity index (χ2v) is 4.69. The first-order valence-electron chi connectivity index (χ1n) is 6.30. The summed E-state index contributed by atoms with van der Waals surface area (Å²) in [6.07, 6.45) is 0.297. The summed E-state index contributed by atoms with van der Waals surface area (Å²) < 4.78 is 1.78. The highest BCUT2D eigenvalue weighted by Gasteiger charge is 2.13. The van der Waals surface area contributed by atoms with Crippen molar-refractivity contribution in [2.75, 3.05) is 5.32 Å². The first kappa shape index (κ1) is 13.8. The normalized spacial score (nSPS) is 10.1. The van der Waals surface area contributed by atoms with Crippen molar-refractivity contribution < 1.29 is 4.79 Å². The van der Waals surface area contributed by atoms with Crippen molar-refractivity contribution in [2.24, 2.45) is 7.05 Å². The molecule has 0 aliphatic heterocycles. The number of carbonyl (C=O) groups is 1. The summed E-state index contributed by atoms with van der Waals surface area (Å²) in [5.41, 5.74) is 4.09. The molecule has 2 rings (SSSR count). The number of anilines is 1. The highest BCUT2D eigenvalue weighted by atomic mass is 16.1. The first-order valence-corrected chi connectivity index (χ1v) is 6.30. The van der Waals surface area contributed by atoms with Crippen LogP contribution in [0.5, 0.6) is 0 Å². The fourth-order valence-corrected chi connectivity index (χ4v) is 2.07. The third-order valence-electron chi connectivity index (χ3n) is 3.29. The van der Waals surface area contributed by atoms with Crippen molar-refractivity contribution in [3.8, 4) is 6.07 Å². The molecule has 0 bridgehead atoms. The van der Waals surface area contributed by atoms with Crippen LogP contribution in [-0.2, 0) is 18.3 Å². The van der Waals surface area contributed by atoms with E-state index in [9.17, 15) is 4.79 Å². The van der Waals surface area contributed by atoms with Crippen LogP contribution in [0.4, 0.5) is 5.69 Å². The van der Waals surface area contributed by atoms with Crippen LogP contribution >= 0.6 is 0 Å². The van der Waals surface area contributed by atoms with E-state index in [1.807, 2.05) is 27.0 Å². The second kappa shape index (κ2) is 5.57. The number of hydrogen-bond acceptors (Lipinski definition) is 3. The van der Waals surface area contributed by atoms with Crippen LogP contribution in [0.15, 0.2) is 24.3 Å². The van der Waals surface area contributed by atoms with Gasteiger partial charge in [-0.25, -0.2) is 0 Å². The van der Waals surface area contributed by atoms with Gasteiger partial charge < -0.3 is 5.32 Å². The van der Waals surface area contributed by atoms with Gasteiger partial charge in [0.05, 0.1) is 23.7 Å². The summed E-state index contributed by atoms with van der Waals surface area (Å²) in [5, 5.41) is 15.8. The summed E-state index contributed by atoms with van der Waals surface area (Å²) in [4.78, 5) is 12.0. The smallest absolute Gasteiger partial charge is 0.228 e. The van der Waals surface area contributed by atoms with Gasteiger partial charge in [-0.3, -0.25) is 9.48 Å². The molecule has 102 valence electrons. The molecule has 1 aromatic heterocycles. The lowest BCUT2D eigenvalue weighted by molar-refractivity contribution is -0.115. The summed E-state index contributed by atoms with van der Waals surface area (Å²) in [5.74, 6) is -0.0890. The third-order valence-corrected chi connectivity index (χ3v) is 3.29. The van der Waals surface area contributed by atoms with Crippen molar-refractivity contribution in [2.45, 2.75) is 20.3 Å². The lowest BCUT2D eigenvalue weighted by atomic mass is 10.1. The number of aryl methyl sites for hydroxylation is 2. The van der Waals surface area contributed by atoms with Gasteiger partial charge in [-0.1, -0.05) is 0 Å². The molecule has 0 radical (unpaired) electrons. The highest BCUT2D eigenvalue weighted by molar-refractivity contribution is 5.92. The molecule has 1 heterocycles. The Balaban J connectivity index is 2.07. The molecule has 1 amide bonds. The van der Waals surface area contributed by atoms with Gasteiger partial charge in [0.2, 0.25) is 5.91 Å². The monoisotopic (exact) mass is 268 g/mol. The Morgan fingerprint density at radius 3 is 2.50 bits per heavy atom. The molecule has 20 heavy (non-hydrogen) atoms. The summed E-state index contributed by atoms with van der Waals surface area (Å²) in [7, 11) is 1.87. The number of carbonyl (C=O) groups excluding carboxylic acids is 1. The molecule has 2 aromatic rings. The van der Waals surface area contributed by atoms with E-state index in [-0.39, 0.29) is 5.91 Å². The van der Waals surface area contributed by atoms with Crippen LogP contribution in [0.2, 0.25) is 0 Å². The number of nitrogens with one attached hydrogen (secondary N) is 1. The van der Waals surface area contributed by atoms with E-state index in [1.165, 1.54) is 0 Å². The Morgan fingerprint density at radius 2 is 2.00 bits per heavy atom. The number of aromatic nitrogens is 2. The van der Waals surface area contributed by atoms with Crippen molar-refractivity contribution >= 4 is 11.6 Å². The molecule has 1 N–H and O–H groups in total. The Hall–Kier alpha value is -2.61. The van der Waals surface area contributed by atoms with E-state index < -0.39 is 0 Å². The zero-order chi connectivity index (χ0) is 14.7. The maximum absolute atomic E-state index is 12.0. The summed E-state index contributed by atoms with van der Waals surface area (Å²) >= 11 is 0. The molecule has 0 aliphatic carbocycles. The molecular weight excluding hydrogens is 252 g/mol. The molecule has 1 aromatic carbocycles. The Kier molecular flexibility index (Phi) is 3.85. The molecule has 5 nitrogen and oxygen atoms in total. The average Bonchev–Trinajstić information content (AvgIpc) is 2.66. The Bertz CT molecular complexity index is 677. The van der Waals surface area contributed by atoms with Gasteiger partial charge in [0.1, 0.15) is 0 Å². The fraction of sp³-hybridized carbons (Fsp3) is 0.267. The van der Waals surface area contributed by atoms with E-state index in [2.05, 4.69) is 10.4 Å². The minimum absolute atomic E-state index is 0.0890. The topological polar surface area (TPSA) is 70.7 Å². The van der Waals surface area contributed by atoms with Crippen molar-refractivity contribution in [1.82, 2.24) is 9.78 Å². The molecular formula is C15H16N4O. The van der Waals surface area contributed by atoms with Crippen LogP contribution in [0.1, 0.15) is 22.5 Å². The standard InChI is InChI=1S/C15H16N4O/c1-10-14(11(2)19(3)18-10)8-15(20)17-13-6-4-12(9-16)5-7-13/h4-7H,8H2,1-3H3,(H,17,20). The van der Waals surface area contributed by atoms with Gasteiger partial charge in [0, 0.05) is 24.0 Å². The van der Waals surface area contributed by atoms with Crippen molar-refractivity contribution in [3.63, 3.8) is 0 Å². The van der Waals surface area contributed by atoms with Gasteiger partial charge in [-0.2, -0.15) is 10.4 Å². The Labute approximate surface area is 117 Å². The molecule has 5 heteroatoms. The van der Waals surface area contributed by atoms with Gasteiger partial charge in [-0.05, 0) is 38.1 Å². The van der Waals surface area contributed by atoms with E-state index in [4.69, 9.17) is 5.26 Å².